The van der Waals surface area contributed by atoms with Gasteiger partial charge in [0.2, 0.25) is 0 Å². The Hall–Kier alpha value is -3.55. The highest BCUT2D eigenvalue weighted by molar-refractivity contribution is 5.91. The van der Waals surface area contributed by atoms with E-state index in [1.165, 1.54) is 6.07 Å². The molecule has 36 heavy (non-hydrogen) atoms. The molecule has 3 aliphatic rings. The molecule has 1 amide bonds. The number of aromatic nitrogens is 1. The van der Waals surface area contributed by atoms with Gasteiger partial charge in [0.05, 0.1) is 5.39 Å². The average molecular weight is 491 g/mol. The molecule has 0 N–H and O–H groups in total. The predicted molar refractivity (Wildman–Crippen MR) is 134 cm³/mol. The number of benzene rings is 1. The summed E-state index contributed by atoms with van der Waals surface area (Å²) in [5.41, 5.74) is 2.35. The van der Waals surface area contributed by atoms with Gasteiger partial charge in [-0.1, -0.05) is 6.07 Å². The van der Waals surface area contributed by atoms with E-state index < -0.39 is 5.63 Å². The summed E-state index contributed by atoms with van der Waals surface area (Å²) in [7, 11) is 0. The third-order valence-corrected chi connectivity index (χ3v) is 7.79. The summed E-state index contributed by atoms with van der Waals surface area (Å²) in [6, 6.07) is 8.65. The zero-order chi connectivity index (χ0) is 25.2. The maximum absolute atomic E-state index is 13.3. The van der Waals surface area contributed by atoms with Gasteiger partial charge in [0, 0.05) is 55.0 Å². The highest BCUT2D eigenvalue weighted by atomic mass is 16.5. The maximum atomic E-state index is 13.3. The maximum Gasteiger partial charge on any atom is 0.336 e. The van der Waals surface area contributed by atoms with Crippen molar-refractivity contribution in [1.82, 2.24) is 9.47 Å². The van der Waals surface area contributed by atoms with E-state index in [1.807, 2.05) is 42.4 Å². The van der Waals surface area contributed by atoms with Gasteiger partial charge in [-0.3, -0.25) is 9.59 Å². The molecule has 3 aromatic rings. The van der Waals surface area contributed by atoms with Gasteiger partial charge < -0.3 is 23.4 Å². The number of hydrogen-bond donors (Lipinski definition) is 0. The van der Waals surface area contributed by atoms with Crippen molar-refractivity contribution >= 4 is 16.9 Å². The summed E-state index contributed by atoms with van der Waals surface area (Å²) in [5.74, 6) is 1.40. The van der Waals surface area contributed by atoms with Crippen molar-refractivity contribution in [3.63, 3.8) is 0 Å². The molecule has 0 radical (unpaired) electrons. The molecule has 6 rings (SSSR count). The minimum atomic E-state index is -0.417. The first-order valence-electron chi connectivity index (χ1n) is 12.6. The molecule has 188 valence electrons. The molecule has 1 saturated heterocycles. The number of ether oxygens (including phenoxy) is 2. The number of carbonyl (C=O) groups excluding carboxylic acids is 1. The number of fused-ring (bicyclic) bond motifs is 7. The standard InChI is InChI=1S/C28H30N2O6/c1-16-9-25(33)35-27-19-7-8-28(2,3)36-21(19)11-22(26(16)27)34-15-24(32)29-12-17-10-18(14-29)20-5-4-6-23(31)30(20)13-17/h4-6,9,11,17-18H,7-8,10,12-15H2,1-3H3/t17-,18+/m0/s1. The Bertz CT molecular complexity index is 1500. The Morgan fingerprint density at radius 2 is 2.00 bits per heavy atom. The largest absolute Gasteiger partial charge is 0.487 e. The van der Waals surface area contributed by atoms with Crippen molar-refractivity contribution in [2.24, 2.45) is 5.92 Å². The predicted octanol–water partition coefficient (Wildman–Crippen LogP) is 3.39. The van der Waals surface area contributed by atoms with Crippen LogP contribution in [0.15, 0.2) is 44.3 Å². The molecule has 8 heteroatoms. The van der Waals surface area contributed by atoms with Crippen LogP contribution in [0.5, 0.6) is 11.5 Å². The molecule has 2 aromatic heterocycles. The minimum Gasteiger partial charge on any atom is -0.487 e. The van der Waals surface area contributed by atoms with Crippen LogP contribution in [0.25, 0.3) is 11.0 Å². The van der Waals surface area contributed by atoms with Crippen LogP contribution < -0.4 is 20.7 Å². The smallest absolute Gasteiger partial charge is 0.336 e. The monoisotopic (exact) mass is 490 g/mol. The van der Waals surface area contributed by atoms with E-state index >= 15 is 0 Å². The normalized spacial score (nSPS) is 21.9. The van der Waals surface area contributed by atoms with E-state index in [0.717, 1.165) is 36.1 Å². The van der Waals surface area contributed by atoms with Crippen molar-refractivity contribution in [1.29, 1.82) is 0 Å². The van der Waals surface area contributed by atoms with Crippen LogP contribution in [-0.2, 0) is 17.8 Å². The second-order valence-electron chi connectivity index (χ2n) is 11.0. The number of carbonyl (C=O) groups is 1. The lowest BCUT2D eigenvalue weighted by Crippen LogP contribution is -2.50. The Kier molecular flexibility index (Phi) is 5.24. The molecular formula is C28H30N2O6. The first kappa shape index (κ1) is 22.9. The number of piperidine rings is 1. The molecular weight excluding hydrogens is 460 g/mol. The highest BCUT2D eigenvalue weighted by Crippen LogP contribution is 2.43. The van der Waals surface area contributed by atoms with Crippen molar-refractivity contribution in [3.05, 3.63) is 67.9 Å². The fourth-order valence-electron chi connectivity index (χ4n) is 6.07. The Labute approximate surface area is 208 Å². The molecule has 0 unspecified atom stereocenters. The van der Waals surface area contributed by atoms with Crippen molar-refractivity contribution < 1.29 is 18.7 Å². The van der Waals surface area contributed by atoms with Gasteiger partial charge in [0.15, 0.2) is 6.61 Å². The lowest BCUT2D eigenvalue weighted by molar-refractivity contribution is -0.136. The number of hydrogen-bond acceptors (Lipinski definition) is 6. The lowest BCUT2D eigenvalue weighted by Gasteiger charge is -2.42. The third kappa shape index (κ3) is 3.88. The van der Waals surface area contributed by atoms with E-state index in [1.54, 1.807) is 12.1 Å². The number of amides is 1. The Balaban J connectivity index is 1.27. The van der Waals surface area contributed by atoms with Crippen LogP contribution in [0.1, 0.15) is 49.4 Å². The number of aryl methyl sites for hydroxylation is 2. The summed E-state index contributed by atoms with van der Waals surface area (Å²) in [4.78, 5) is 39.6. The first-order chi connectivity index (χ1) is 17.2. The zero-order valence-corrected chi connectivity index (χ0v) is 20.8. The first-order valence-corrected chi connectivity index (χ1v) is 12.6. The second kappa shape index (κ2) is 8.25. The number of rotatable bonds is 3. The Morgan fingerprint density at radius 3 is 2.83 bits per heavy atom. The van der Waals surface area contributed by atoms with Crippen LogP contribution >= 0.6 is 0 Å². The molecule has 0 spiro atoms. The highest BCUT2D eigenvalue weighted by Gasteiger charge is 2.36. The fraction of sp³-hybridized carbons (Fsp3) is 0.464. The number of likely N-dealkylation sites (tertiary alicyclic amines) is 1. The third-order valence-electron chi connectivity index (χ3n) is 7.79. The molecule has 3 aliphatic heterocycles. The lowest BCUT2D eigenvalue weighted by atomic mass is 9.83. The number of pyridine rings is 1. The van der Waals surface area contributed by atoms with E-state index in [2.05, 4.69) is 0 Å². The number of nitrogens with zero attached hydrogens (tertiary/aromatic N) is 2. The van der Waals surface area contributed by atoms with Gasteiger partial charge in [-0.05, 0) is 57.6 Å². The molecule has 2 atom stereocenters. The summed E-state index contributed by atoms with van der Waals surface area (Å²) in [6.07, 6.45) is 2.51. The quantitative estimate of drug-likeness (QED) is 0.523. The van der Waals surface area contributed by atoms with Crippen molar-refractivity contribution in [3.8, 4) is 11.5 Å². The van der Waals surface area contributed by atoms with E-state index in [-0.39, 0.29) is 35.5 Å². The fourth-order valence-corrected chi connectivity index (χ4v) is 6.07. The van der Waals surface area contributed by atoms with Crippen LogP contribution in [0.4, 0.5) is 0 Å². The van der Waals surface area contributed by atoms with Crippen molar-refractivity contribution in [2.45, 2.75) is 58.1 Å². The van der Waals surface area contributed by atoms with E-state index in [0.29, 0.717) is 42.1 Å². The topological polar surface area (TPSA) is 91.0 Å². The summed E-state index contributed by atoms with van der Waals surface area (Å²) in [5, 5.41) is 0.702. The van der Waals surface area contributed by atoms with Gasteiger partial charge in [-0.2, -0.15) is 0 Å². The van der Waals surface area contributed by atoms with E-state index in [4.69, 9.17) is 13.9 Å². The molecule has 1 aromatic carbocycles. The van der Waals surface area contributed by atoms with Gasteiger partial charge >= 0.3 is 5.63 Å². The van der Waals surface area contributed by atoms with Crippen LogP contribution in [-0.4, -0.2) is 40.7 Å². The molecule has 8 nitrogen and oxygen atoms in total. The minimum absolute atomic E-state index is 0.0250. The second-order valence-corrected chi connectivity index (χ2v) is 11.0. The average Bonchev–Trinajstić information content (AvgIpc) is 2.81. The van der Waals surface area contributed by atoms with Gasteiger partial charge in [0.1, 0.15) is 22.7 Å². The zero-order valence-electron chi connectivity index (χ0n) is 20.8. The SMILES string of the molecule is Cc1cc(=O)oc2c3c(cc(OCC(=O)N4C[C@@H]5C[C@H](C4)c4cccc(=O)n4C5)c12)OC(C)(C)CC3. The molecule has 0 saturated carbocycles. The van der Waals surface area contributed by atoms with E-state index in [9.17, 15) is 14.4 Å². The summed E-state index contributed by atoms with van der Waals surface area (Å²) >= 11 is 0. The van der Waals surface area contributed by atoms with Gasteiger partial charge in [-0.15, -0.1) is 0 Å². The van der Waals surface area contributed by atoms with Crippen LogP contribution in [0, 0.1) is 12.8 Å². The molecule has 2 bridgehead atoms. The summed E-state index contributed by atoms with van der Waals surface area (Å²) in [6.45, 7) is 7.58. The Morgan fingerprint density at radius 1 is 1.17 bits per heavy atom. The van der Waals surface area contributed by atoms with Crippen LogP contribution in [0.2, 0.25) is 0 Å². The van der Waals surface area contributed by atoms with Gasteiger partial charge in [-0.25, -0.2) is 4.79 Å². The van der Waals surface area contributed by atoms with Crippen molar-refractivity contribution in [2.75, 3.05) is 19.7 Å². The molecule has 0 aliphatic carbocycles. The van der Waals surface area contributed by atoms with Crippen LogP contribution in [0.3, 0.4) is 0 Å². The molecule has 5 heterocycles. The van der Waals surface area contributed by atoms with Gasteiger partial charge in [0.25, 0.3) is 11.5 Å². The summed E-state index contributed by atoms with van der Waals surface area (Å²) < 4.78 is 19.8. The molecule has 1 fully saturated rings.